The van der Waals surface area contributed by atoms with Gasteiger partial charge in [-0.15, -0.1) is 0 Å². The number of hydrazone groups is 1. The maximum absolute atomic E-state index is 14.0. The minimum Gasteiger partial charge on any atom is -0.497 e. The van der Waals surface area contributed by atoms with E-state index in [-0.39, 0.29) is 22.7 Å². The third-order valence-electron chi connectivity index (χ3n) is 7.77. The summed E-state index contributed by atoms with van der Waals surface area (Å²) in [4.78, 5) is 13.5. The van der Waals surface area contributed by atoms with E-state index < -0.39 is 15.9 Å². The summed E-state index contributed by atoms with van der Waals surface area (Å²) in [6, 6.07) is 43.6. The van der Waals surface area contributed by atoms with E-state index >= 15 is 0 Å². The number of sulfonamides is 1. The van der Waals surface area contributed by atoms with Crippen molar-refractivity contribution in [3.8, 4) is 11.5 Å². The summed E-state index contributed by atoms with van der Waals surface area (Å²) < 4.78 is 40.5. The topological polar surface area (TPSA) is 97.3 Å². The Labute approximate surface area is 279 Å². The van der Waals surface area contributed by atoms with Crippen molar-refractivity contribution in [2.75, 3.05) is 11.4 Å². The van der Waals surface area contributed by atoms with Gasteiger partial charge in [0, 0.05) is 0 Å². The van der Waals surface area contributed by atoms with E-state index in [4.69, 9.17) is 9.47 Å². The smallest absolute Gasteiger partial charge is 0.273 e. The second-order valence-electron chi connectivity index (χ2n) is 10.9. The molecule has 0 aromatic heterocycles. The molecule has 48 heavy (non-hydrogen) atoms. The van der Waals surface area contributed by atoms with E-state index in [1.165, 1.54) is 29.8 Å². The van der Waals surface area contributed by atoms with Crippen LogP contribution in [0.3, 0.4) is 0 Å². The number of hydrogen-bond donors (Lipinski definition) is 1. The van der Waals surface area contributed by atoms with Crippen LogP contribution in [-0.2, 0) is 23.2 Å². The molecule has 8 nitrogen and oxygen atoms in total. The molecule has 0 unspecified atom stereocenters. The van der Waals surface area contributed by atoms with E-state index in [1.54, 1.807) is 36.4 Å². The Morgan fingerprint density at radius 2 is 1.42 bits per heavy atom. The van der Waals surface area contributed by atoms with Gasteiger partial charge < -0.3 is 9.47 Å². The van der Waals surface area contributed by atoms with Gasteiger partial charge in [-0.05, 0) is 88.1 Å². The van der Waals surface area contributed by atoms with Crippen LogP contribution in [0.25, 0.3) is 10.8 Å². The molecule has 0 aliphatic carbocycles. The number of para-hydroxylation sites is 1. The van der Waals surface area contributed by atoms with Crippen LogP contribution in [0, 0.1) is 0 Å². The standard InChI is InChI=1S/C39H33N3O5S/c1-46-33-22-24-35(25-23-33)48(44,45)42(27-30-10-3-2-4-11-30)38-17-8-7-16-37(38)39(43)41-40-26-29-18-20-34(21-19-29)47-28-32-14-9-13-31-12-5-6-15-36(31)32/h2-26H,27-28H2,1H3,(H,41,43)/b40-26-. The molecule has 1 N–H and O–H groups in total. The van der Waals surface area contributed by atoms with Gasteiger partial charge in [-0.1, -0.05) is 84.9 Å². The summed E-state index contributed by atoms with van der Waals surface area (Å²) in [7, 11) is -2.57. The summed E-state index contributed by atoms with van der Waals surface area (Å²) in [5.41, 5.74) is 5.52. The van der Waals surface area contributed by atoms with Gasteiger partial charge in [-0.3, -0.25) is 9.10 Å². The Morgan fingerprint density at radius 3 is 2.19 bits per heavy atom. The van der Waals surface area contributed by atoms with Gasteiger partial charge in [0.25, 0.3) is 15.9 Å². The monoisotopic (exact) mass is 655 g/mol. The number of nitrogens with zero attached hydrogens (tertiary/aromatic N) is 2. The van der Waals surface area contributed by atoms with E-state index in [0.717, 1.165) is 27.5 Å². The molecule has 0 aliphatic heterocycles. The van der Waals surface area contributed by atoms with E-state index in [1.807, 2.05) is 72.8 Å². The quantitative estimate of drug-likeness (QED) is 0.108. The predicted octanol–water partition coefficient (Wildman–Crippen LogP) is 7.59. The fraction of sp³-hybridized carbons (Fsp3) is 0.0769. The Balaban J connectivity index is 1.17. The van der Waals surface area contributed by atoms with E-state index in [9.17, 15) is 13.2 Å². The number of methoxy groups -OCH3 is 1. The van der Waals surface area contributed by atoms with Gasteiger partial charge >= 0.3 is 0 Å². The van der Waals surface area contributed by atoms with Gasteiger partial charge in [0.1, 0.15) is 18.1 Å². The first-order valence-corrected chi connectivity index (χ1v) is 16.7. The minimum absolute atomic E-state index is 0.0116. The Bertz CT molecular complexity index is 2150. The van der Waals surface area contributed by atoms with Gasteiger partial charge in [0.05, 0.1) is 36.0 Å². The van der Waals surface area contributed by atoms with Crippen molar-refractivity contribution < 1.29 is 22.7 Å². The third-order valence-corrected chi connectivity index (χ3v) is 9.54. The predicted molar refractivity (Wildman–Crippen MR) is 189 cm³/mol. The van der Waals surface area contributed by atoms with Crippen molar-refractivity contribution >= 4 is 38.6 Å². The van der Waals surface area contributed by atoms with Crippen molar-refractivity contribution in [1.29, 1.82) is 0 Å². The summed E-state index contributed by atoms with van der Waals surface area (Å²) in [6.45, 7) is 0.442. The zero-order valence-electron chi connectivity index (χ0n) is 26.2. The zero-order chi connectivity index (χ0) is 33.3. The first-order valence-electron chi connectivity index (χ1n) is 15.2. The highest BCUT2D eigenvalue weighted by Gasteiger charge is 2.28. The molecule has 0 saturated carbocycles. The Kier molecular flexibility index (Phi) is 9.78. The molecule has 1 amide bonds. The highest BCUT2D eigenvalue weighted by Crippen LogP contribution is 2.30. The number of fused-ring (bicyclic) bond motifs is 1. The van der Waals surface area contributed by atoms with Crippen molar-refractivity contribution in [2.45, 2.75) is 18.0 Å². The molecule has 0 radical (unpaired) electrons. The maximum Gasteiger partial charge on any atom is 0.273 e. The lowest BCUT2D eigenvalue weighted by Crippen LogP contribution is -2.33. The van der Waals surface area contributed by atoms with Crippen molar-refractivity contribution in [1.82, 2.24) is 5.43 Å². The number of ether oxygens (including phenoxy) is 2. The van der Waals surface area contributed by atoms with Crippen molar-refractivity contribution in [3.05, 3.63) is 168 Å². The molecule has 9 heteroatoms. The molecule has 0 atom stereocenters. The van der Waals surface area contributed by atoms with Crippen LogP contribution in [0.4, 0.5) is 5.69 Å². The number of benzene rings is 6. The molecule has 0 heterocycles. The largest absolute Gasteiger partial charge is 0.497 e. The molecule has 0 bridgehead atoms. The normalized spacial score (nSPS) is 11.4. The Morgan fingerprint density at radius 1 is 0.750 bits per heavy atom. The maximum atomic E-state index is 14.0. The lowest BCUT2D eigenvalue weighted by molar-refractivity contribution is 0.0955. The zero-order valence-corrected chi connectivity index (χ0v) is 27.0. The molecule has 6 aromatic carbocycles. The van der Waals surface area contributed by atoms with Crippen LogP contribution in [0.2, 0.25) is 0 Å². The first-order chi connectivity index (χ1) is 23.4. The molecule has 0 aliphatic rings. The lowest BCUT2D eigenvalue weighted by Gasteiger charge is -2.26. The number of carbonyl (C=O) groups excluding carboxylic acids is 1. The van der Waals surface area contributed by atoms with Crippen LogP contribution >= 0.6 is 0 Å². The number of carbonyl (C=O) groups is 1. The van der Waals surface area contributed by atoms with Gasteiger partial charge in [0.2, 0.25) is 0 Å². The highest BCUT2D eigenvalue weighted by atomic mass is 32.2. The Hall–Kier alpha value is -5.93. The van der Waals surface area contributed by atoms with Crippen molar-refractivity contribution in [3.63, 3.8) is 0 Å². The van der Waals surface area contributed by atoms with Gasteiger partial charge in [0.15, 0.2) is 0 Å². The van der Waals surface area contributed by atoms with E-state index in [2.05, 4.69) is 34.8 Å². The number of anilines is 1. The summed E-state index contributed by atoms with van der Waals surface area (Å²) in [6.07, 6.45) is 1.52. The fourth-order valence-corrected chi connectivity index (χ4v) is 6.73. The average Bonchev–Trinajstić information content (AvgIpc) is 3.14. The number of nitrogens with one attached hydrogen (secondary N) is 1. The third kappa shape index (κ3) is 7.37. The average molecular weight is 656 g/mol. The molecular weight excluding hydrogens is 623 g/mol. The van der Waals surface area contributed by atoms with Crippen LogP contribution in [0.15, 0.2) is 156 Å². The van der Waals surface area contributed by atoms with Crippen LogP contribution in [0.1, 0.15) is 27.0 Å². The van der Waals surface area contributed by atoms with E-state index in [0.29, 0.717) is 18.1 Å². The molecule has 240 valence electrons. The van der Waals surface area contributed by atoms with Crippen LogP contribution < -0.4 is 19.2 Å². The molecule has 0 saturated heterocycles. The number of hydrogen-bond acceptors (Lipinski definition) is 6. The lowest BCUT2D eigenvalue weighted by atomic mass is 10.1. The SMILES string of the molecule is COc1ccc(S(=O)(=O)N(Cc2ccccc2)c2ccccc2C(=O)N/N=C\c2ccc(OCc3cccc4ccccc34)cc2)cc1. The molecule has 6 rings (SSSR count). The fourth-order valence-electron chi connectivity index (χ4n) is 5.26. The second kappa shape index (κ2) is 14.7. The van der Waals surface area contributed by atoms with Crippen LogP contribution in [-0.4, -0.2) is 27.6 Å². The second-order valence-corrected chi connectivity index (χ2v) is 12.7. The van der Waals surface area contributed by atoms with Gasteiger partial charge in [-0.25, -0.2) is 13.8 Å². The molecular formula is C39H33N3O5S. The number of rotatable bonds is 12. The highest BCUT2D eigenvalue weighted by molar-refractivity contribution is 7.92. The van der Waals surface area contributed by atoms with Crippen molar-refractivity contribution in [2.24, 2.45) is 5.10 Å². The summed E-state index contributed by atoms with van der Waals surface area (Å²) >= 11 is 0. The summed E-state index contributed by atoms with van der Waals surface area (Å²) in [5.74, 6) is 0.679. The number of amides is 1. The minimum atomic E-state index is -4.09. The first kappa shape index (κ1) is 32.0. The summed E-state index contributed by atoms with van der Waals surface area (Å²) in [5, 5.41) is 6.47. The van der Waals surface area contributed by atoms with Crippen LogP contribution in [0.5, 0.6) is 11.5 Å². The molecule has 0 spiro atoms. The molecule has 6 aromatic rings. The molecule has 0 fully saturated rings. The van der Waals surface area contributed by atoms with Gasteiger partial charge in [-0.2, -0.15) is 5.10 Å².